The second-order valence-electron chi connectivity index (χ2n) is 4.25. The molecule has 0 heterocycles. The minimum atomic E-state index is -1.09. The van der Waals surface area contributed by atoms with E-state index in [2.05, 4.69) is 5.32 Å². The van der Waals surface area contributed by atoms with Gasteiger partial charge >= 0.3 is 0 Å². The second-order valence-corrected chi connectivity index (χ2v) is 4.69. The fraction of sp³-hybridized carbons (Fsp3) is 0.133. The second kappa shape index (κ2) is 6.50. The zero-order chi connectivity index (χ0) is 14.5. The number of amides is 1. The van der Waals surface area contributed by atoms with Crippen molar-refractivity contribution in [1.29, 1.82) is 0 Å². The molecule has 0 saturated heterocycles. The zero-order valence-electron chi connectivity index (χ0n) is 10.5. The van der Waals surface area contributed by atoms with Gasteiger partial charge in [-0.1, -0.05) is 29.8 Å². The van der Waals surface area contributed by atoms with Crippen molar-refractivity contribution in [2.45, 2.75) is 6.10 Å². The number of carbonyl (C=O) groups excluding carboxylic acids is 1. The maximum atomic E-state index is 13.4. The van der Waals surface area contributed by atoms with E-state index in [0.717, 1.165) is 0 Å². The Morgan fingerprint density at radius 1 is 1.20 bits per heavy atom. The standard InChI is InChI=1S/C15H13ClFNO2/c16-11-7-5-10(6-8-11)15(20)18-9-14(19)12-3-1-2-4-13(12)17/h1-8,14,19H,9H2,(H,18,20). The summed E-state index contributed by atoms with van der Waals surface area (Å²) >= 11 is 5.73. The Balaban J connectivity index is 1.97. The number of hydrogen-bond donors (Lipinski definition) is 2. The van der Waals surface area contributed by atoms with Crippen molar-refractivity contribution >= 4 is 17.5 Å². The third kappa shape index (κ3) is 3.56. The lowest BCUT2D eigenvalue weighted by atomic mass is 10.1. The fourth-order valence-corrected chi connectivity index (χ4v) is 1.87. The molecule has 0 aromatic heterocycles. The number of hydrogen-bond acceptors (Lipinski definition) is 2. The lowest BCUT2D eigenvalue weighted by Crippen LogP contribution is -2.28. The Kier molecular flexibility index (Phi) is 4.71. The van der Waals surface area contributed by atoms with Crippen LogP contribution in [0.1, 0.15) is 22.0 Å². The van der Waals surface area contributed by atoms with Gasteiger partial charge in [0.05, 0.1) is 6.10 Å². The molecule has 1 unspecified atom stereocenters. The van der Waals surface area contributed by atoms with Crippen LogP contribution < -0.4 is 5.32 Å². The molecule has 0 aliphatic rings. The van der Waals surface area contributed by atoms with Crippen molar-refractivity contribution < 1.29 is 14.3 Å². The number of halogens is 2. The maximum absolute atomic E-state index is 13.4. The molecule has 3 nitrogen and oxygen atoms in total. The highest BCUT2D eigenvalue weighted by Crippen LogP contribution is 2.16. The number of aliphatic hydroxyl groups is 1. The predicted octanol–water partition coefficient (Wildman–Crippen LogP) is 2.94. The van der Waals surface area contributed by atoms with E-state index in [9.17, 15) is 14.3 Å². The third-order valence-corrected chi connectivity index (χ3v) is 3.08. The molecule has 1 atom stereocenters. The molecule has 0 radical (unpaired) electrons. The molecule has 104 valence electrons. The van der Waals surface area contributed by atoms with Gasteiger partial charge in [-0.3, -0.25) is 4.79 Å². The molecule has 0 saturated carbocycles. The van der Waals surface area contributed by atoms with E-state index in [1.54, 1.807) is 30.3 Å². The quantitative estimate of drug-likeness (QED) is 0.910. The minimum Gasteiger partial charge on any atom is -0.386 e. The summed E-state index contributed by atoms with van der Waals surface area (Å²) in [5.74, 6) is -0.849. The Bertz CT molecular complexity index is 601. The number of nitrogens with one attached hydrogen (secondary N) is 1. The first kappa shape index (κ1) is 14.5. The molecule has 0 bridgehead atoms. The van der Waals surface area contributed by atoms with E-state index in [-0.39, 0.29) is 18.0 Å². The van der Waals surface area contributed by atoms with Crippen molar-refractivity contribution in [2.24, 2.45) is 0 Å². The Hall–Kier alpha value is -1.91. The maximum Gasteiger partial charge on any atom is 0.251 e. The van der Waals surface area contributed by atoms with Crippen LogP contribution in [0.5, 0.6) is 0 Å². The van der Waals surface area contributed by atoms with Crippen LogP contribution in [0.15, 0.2) is 48.5 Å². The molecule has 0 fully saturated rings. The number of carbonyl (C=O) groups is 1. The summed E-state index contributed by atoms with van der Waals surface area (Å²) in [6, 6.07) is 12.3. The van der Waals surface area contributed by atoms with Crippen LogP contribution in [-0.2, 0) is 0 Å². The molecule has 2 rings (SSSR count). The number of rotatable bonds is 4. The molecule has 1 amide bonds. The zero-order valence-corrected chi connectivity index (χ0v) is 11.3. The first-order valence-electron chi connectivity index (χ1n) is 6.04. The summed E-state index contributed by atoms with van der Waals surface area (Å²) in [5.41, 5.74) is 0.582. The molecule has 5 heteroatoms. The van der Waals surface area contributed by atoms with E-state index in [4.69, 9.17) is 11.6 Å². The summed E-state index contributed by atoms with van der Waals surface area (Å²) in [6.07, 6.45) is -1.09. The van der Waals surface area contributed by atoms with Gasteiger partial charge in [-0.05, 0) is 30.3 Å². The highest BCUT2D eigenvalue weighted by molar-refractivity contribution is 6.30. The van der Waals surface area contributed by atoms with Crippen LogP contribution in [0.3, 0.4) is 0 Å². The van der Waals surface area contributed by atoms with E-state index >= 15 is 0 Å². The predicted molar refractivity (Wildman–Crippen MR) is 75.1 cm³/mol. The van der Waals surface area contributed by atoms with Crippen LogP contribution in [-0.4, -0.2) is 17.6 Å². The van der Waals surface area contributed by atoms with Gasteiger partial charge in [0, 0.05) is 22.7 Å². The molecule has 0 spiro atoms. The van der Waals surface area contributed by atoms with Crippen LogP contribution >= 0.6 is 11.6 Å². The van der Waals surface area contributed by atoms with E-state index < -0.39 is 11.9 Å². The molecule has 0 aliphatic carbocycles. The van der Waals surface area contributed by atoms with Crippen molar-refractivity contribution in [3.8, 4) is 0 Å². The topological polar surface area (TPSA) is 49.3 Å². The highest BCUT2D eigenvalue weighted by atomic mass is 35.5. The summed E-state index contributed by atoms with van der Waals surface area (Å²) in [7, 11) is 0. The first-order chi connectivity index (χ1) is 9.58. The fourth-order valence-electron chi connectivity index (χ4n) is 1.75. The normalized spacial score (nSPS) is 11.9. The van der Waals surface area contributed by atoms with Crippen LogP contribution in [0.25, 0.3) is 0 Å². The number of benzene rings is 2. The Morgan fingerprint density at radius 3 is 2.50 bits per heavy atom. The lowest BCUT2D eigenvalue weighted by molar-refractivity contribution is 0.0914. The first-order valence-corrected chi connectivity index (χ1v) is 6.42. The SMILES string of the molecule is O=C(NCC(O)c1ccccc1F)c1ccc(Cl)cc1. The molecule has 0 aliphatic heterocycles. The number of aliphatic hydroxyl groups excluding tert-OH is 1. The van der Waals surface area contributed by atoms with Crippen LogP contribution in [0.4, 0.5) is 4.39 Å². The van der Waals surface area contributed by atoms with Gasteiger partial charge in [0.25, 0.3) is 5.91 Å². The van der Waals surface area contributed by atoms with E-state index in [0.29, 0.717) is 10.6 Å². The molecule has 2 aromatic rings. The van der Waals surface area contributed by atoms with Crippen LogP contribution in [0, 0.1) is 5.82 Å². The largest absolute Gasteiger partial charge is 0.386 e. The summed E-state index contributed by atoms with van der Waals surface area (Å²) in [4.78, 5) is 11.8. The van der Waals surface area contributed by atoms with Gasteiger partial charge in [0.2, 0.25) is 0 Å². The summed E-state index contributed by atoms with van der Waals surface area (Å²) in [6.45, 7) is -0.0671. The van der Waals surface area contributed by atoms with Crippen molar-refractivity contribution in [1.82, 2.24) is 5.32 Å². The van der Waals surface area contributed by atoms with E-state index in [1.165, 1.54) is 18.2 Å². The summed E-state index contributed by atoms with van der Waals surface area (Å²) in [5, 5.41) is 12.9. The van der Waals surface area contributed by atoms with Gasteiger partial charge in [-0.25, -0.2) is 4.39 Å². The molecule has 2 N–H and O–H groups in total. The highest BCUT2D eigenvalue weighted by Gasteiger charge is 2.13. The van der Waals surface area contributed by atoms with Gasteiger partial charge in [0.1, 0.15) is 5.82 Å². The van der Waals surface area contributed by atoms with Crippen molar-refractivity contribution in [2.75, 3.05) is 6.54 Å². The minimum absolute atomic E-state index is 0.0671. The summed E-state index contributed by atoms with van der Waals surface area (Å²) < 4.78 is 13.4. The van der Waals surface area contributed by atoms with Gasteiger partial charge < -0.3 is 10.4 Å². The lowest BCUT2D eigenvalue weighted by Gasteiger charge is -2.13. The smallest absolute Gasteiger partial charge is 0.251 e. The average molecular weight is 294 g/mol. The monoisotopic (exact) mass is 293 g/mol. The van der Waals surface area contributed by atoms with E-state index in [1.807, 2.05) is 0 Å². The Labute approximate surface area is 121 Å². The molecule has 2 aromatic carbocycles. The molecular formula is C15H13ClFNO2. The third-order valence-electron chi connectivity index (χ3n) is 2.83. The van der Waals surface area contributed by atoms with Crippen LogP contribution in [0.2, 0.25) is 5.02 Å². The molecule has 20 heavy (non-hydrogen) atoms. The van der Waals surface area contributed by atoms with Crippen molar-refractivity contribution in [3.05, 3.63) is 70.5 Å². The Morgan fingerprint density at radius 2 is 1.85 bits per heavy atom. The average Bonchev–Trinajstić information content (AvgIpc) is 2.45. The molecular weight excluding hydrogens is 281 g/mol. The van der Waals surface area contributed by atoms with Gasteiger partial charge in [-0.15, -0.1) is 0 Å². The van der Waals surface area contributed by atoms with Gasteiger partial charge in [0.15, 0.2) is 0 Å². The van der Waals surface area contributed by atoms with Crippen molar-refractivity contribution in [3.63, 3.8) is 0 Å². The van der Waals surface area contributed by atoms with Gasteiger partial charge in [-0.2, -0.15) is 0 Å².